The number of anilines is 1. The molecule has 2 aromatic rings. The second-order valence-corrected chi connectivity index (χ2v) is 8.42. The van der Waals surface area contributed by atoms with Crippen LogP contribution in [0.5, 0.6) is 0 Å². The van der Waals surface area contributed by atoms with Gasteiger partial charge in [0, 0.05) is 44.5 Å². The van der Waals surface area contributed by atoms with E-state index in [1.165, 1.54) is 24.0 Å². The Morgan fingerprint density at radius 2 is 1.74 bits per heavy atom. The minimum atomic E-state index is -0.0410. The first kappa shape index (κ1) is 23.0. The largest absolute Gasteiger partial charge is 0.385 e. The molecule has 0 aromatic heterocycles. The first-order valence-corrected chi connectivity index (χ1v) is 11.2. The minimum absolute atomic E-state index is 0.0410. The van der Waals surface area contributed by atoms with Crippen LogP contribution in [-0.2, 0) is 16.0 Å². The van der Waals surface area contributed by atoms with Gasteiger partial charge in [0.25, 0.3) is 5.91 Å². The van der Waals surface area contributed by atoms with Crippen molar-refractivity contribution in [2.45, 2.75) is 58.4 Å². The van der Waals surface area contributed by atoms with Crippen molar-refractivity contribution in [1.29, 1.82) is 0 Å². The number of rotatable bonds is 9. The summed E-state index contributed by atoms with van der Waals surface area (Å²) in [5.41, 5.74) is 5.03. The van der Waals surface area contributed by atoms with Gasteiger partial charge in [0.2, 0.25) is 5.91 Å². The van der Waals surface area contributed by atoms with Gasteiger partial charge in [0.1, 0.15) is 0 Å². The lowest BCUT2D eigenvalue weighted by Gasteiger charge is -2.28. The number of nitrogens with zero attached hydrogens (tertiary/aromatic N) is 1. The molecule has 0 radical (unpaired) electrons. The quantitative estimate of drug-likeness (QED) is 0.599. The van der Waals surface area contributed by atoms with Crippen LogP contribution in [0.1, 0.15) is 66.1 Å². The van der Waals surface area contributed by atoms with Gasteiger partial charge < -0.3 is 15.0 Å². The number of aryl methyl sites for hydroxylation is 1. The molecule has 1 aliphatic carbocycles. The third-order valence-corrected chi connectivity index (χ3v) is 6.00. The molecule has 0 spiro atoms. The van der Waals surface area contributed by atoms with E-state index < -0.39 is 0 Å². The van der Waals surface area contributed by atoms with Crippen molar-refractivity contribution in [3.05, 3.63) is 64.7 Å². The standard InChI is InChI=1S/C26H34N2O3/c1-19-17-22(11-14-25(19)26(30)27-15-6-16-31-3)18-21-9-12-24(13-10-21)28(20(2)29)23-7-4-5-8-23/h9-14,17,23H,4-8,15-16,18H2,1-3H3,(H,27,30). The molecule has 0 unspecified atom stereocenters. The lowest BCUT2D eigenvalue weighted by Crippen LogP contribution is -2.37. The number of methoxy groups -OCH3 is 1. The van der Waals surface area contributed by atoms with E-state index in [-0.39, 0.29) is 11.8 Å². The van der Waals surface area contributed by atoms with Gasteiger partial charge in [-0.05, 0) is 67.5 Å². The van der Waals surface area contributed by atoms with Crippen LogP contribution in [-0.4, -0.2) is 38.1 Å². The summed E-state index contributed by atoms with van der Waals surface area (Å²) in [5.74, 6) is 0.0760. The summed E-state index contributed by atoms with van der Waals surface area (Å²) in [4.78, 5) is 26.6. The van der Waals surface area contributed by atoms with Crippen molar-refractivity contribution < 1.29 is 14.3 Å². The number of benzene rings is 2. The summed E-state index contributed by atoms with van der Waals surface area (Å²) in [5, 5.41) is 2.94. The Labute approximate surface area is 185 Å². The Morgan fingerprint density at radius 1 is 1.06 bits per heavy atom. The third kappa shape index (κ3) is 6.17. The topological polar surface area (TPSA) is 58.6 Å². The van der Waals surface area contributed by atoms with E-state index in [0.29, 0.717) is 24.8 Å². The molecule has 0 bridgehead atoms. The van der Waals surface area contributed by atoms with Gasteiger partial charge >= 0.3 is 0 Å². The van der Waals surface area contributed by atoms with Gasteiger partial charge in [-0.3, -0.25) is 9.59 Å². The third-order valence-electron chi connectivity index (χ3n) is 6.00. The zero-order chi connectivity index (χ0) is 22.2. The predicted molar refractivity (Wildman–Crippen MR) is 125 cm³/mol. The second kappa shape index (κ2) is 11.1. The Bertz CT molecular complexity index is 886. The lowest BCUT2D eigenvalue weighted by atomic mass is 9.99. The van der Waals surface area contributed by atoms with Crippen LogP contribution in [0.2, 0.25) is 0 Å². The highest BCUT2D eigenvalue weighted by Crippen LogP contribution is 2.29. The van der Waals surface area contributed by atoms with Gasteiger partial charge in [0.05, 0.1) is 0 Å². The molecular formula is C26H34N2O3. The molecule has 2 aromatic carbocycles. The Hall–Kier alpha value is -2.66. The monoisotopic (exact) mass is 422 g/mol. The normalized spacial score (nSPS) is 13.9. The zero-order valence-electron chi connectivity index (χ0n) is 18.9. The van der Waals surface area contributed by atoms with Crippen LogP contribution in [0.3, 0.4) is 0 Å². The fourth-order valence-electron chi connectivity index (χ4n) is 4.43. The second-order valence-electron chi connectivity index (χ2n) is 8.42. The van der Waals surface area contributed by atoms with Crippen LogP contribution in [0.25, 0.3) is 0 Å². The van der Waals surface area contributed by atoms with E-state index in [0.717, 1.165) is 36.9 Å². The molecule has 0 saturated heterocycles. The Kier molecular flexibility index (Phi) is 8.24. The maximum atomic E-state index is 12.4. The first-order valence-electron chi connectivity index (χ1n) is 11.2. The van der Waals surface area contributed by atoms with Crippen molar-refractivity contribution >= 4 is 17.5 Å². The number of amides is 2. The molecule has 1 saturated carbocycles. The Balaban J connectivity index is 1.64. The summed E-state index contributed by atoms with van der Waals surface area (Å²) >= 11 is 0. The van der Waals surface area contributed by atoms with E-state index in [1.807, 2.05) is 24.0 Å². The van der Waals surface area contributed by atoms with Crippen LogP contribution >= 0.6 is 0 Å². The number of ether oxygens (including phenoxy) is 1. The van der Waals surface area contributed by atoms with Crippen molar-refractivity contribution in [1.82, 2.24) is 5.32 Å². The van der Waals surface area contributed by atoms with Crippen molar-refractivity contribution in [3.63, 3.8) is 0 Å². The predicted octanol–water partition coefficient (Wildman–Crippen LogP) is 4.65. The van der Waals surface area contributed by atoms with Crippen LogP contribution in [0.4, 0.5) is 5.69 Å². The molecule has 1 N–H and O–H groups in total. The van der Waals surface area contributed by atoms with Crippen LogP contribution in [0.15, 0.2) is 42.5 Å². The van der Waals surface area contributed by atoms with Gasteiger partial charge in [-0.15, -0.1) is 0 Å². The maximum absolute atomic E-state index is 12.4. The van der Waals surface area contributed by atoms with Crippen molar-refractivity contribution in [2.75, 3.05) is 25.2 Å². The van der Waals surface area contributed by atoms with E-state index >= 15 is 0 Å². The van der Waals surface area contributed by atoms with Crippen LogP contribution < -0.4 is 10.2 Å². The molecule has 0 heterocycles. The fourth-order valence-corrected chi connectivity index (χ4v) is 4.43. The highest BCUT2D eigenvalue weighted by atomic mass is 16.5. The number of nitrogens with one attached hydrogen (secondary N) is 1. The molecule has 3 rings (SSSR count). The summed E-state index contributed by atoms with van der Waals surface area (Å²) in [6.45, 7) is 4.88. The van der Waals surface area contributed by atoms with Crippen molar-refractivity contribution in [2.24, 2.45) is 0 Å². The van der Waals surface area contributed by atoms with Gasteiger partial charge in [-0.1, -0.05) is 37.1 Å². The molecule has 2 amide bonds. The molecular weight excluding hydrogens is 388 g/mol. The highest BCUT2D eigenvalue weighted by molar-refractivity contribution is 5.95. The van der Waals surface area contributed by atoms with E-state index in [4.69, 9.17) is 4.74 Å². The molecule has 1 fully saturated rings. The lowest BCUT2D eigenvalue weighted by molar-refractivity contribution is -0.117. The molecule has 0 atom stereocenters. The van der Waals surface area contributed by atoms with E-state index in [2.05, 4.69) is 35.6 Å². The number of carbonyl (C=O) groups excluding carboxylic acids is 2. The molecule has 5 nitrogen and oxygen atoms in total. The first-order chi connectivity index (χ1) is 15.0. The molecule has 31 heavy (non-hydrogen) atoms. The average Bonchev–Trinajstić information content (AvgIpc) is 3.26. The highest BCUT2D eigenvalue weighted by Gasteiger charge is 2.25. The number of carbonyl (C=O) groups is 2. The fraction of sp³-hybridized carbons (Fsp3) is 0.462. The number of hydrogen-bond acceptors (Lipinski definition) is 3. The Morgan fingerprint density at radius 3 is 2.35 bits per heavy atom. The summed E-state index contributed by atoms with van der Waals surface area (Å²) in [6, 6.07) is 14.7. The van der Waals surface area contributed by atoms with Gasteiger partial charge in [-0.2, -0.15) is 0 Å². The SMILES string of the molecule is COCCCNC(=O)c1ccc(Cc2ccc(N(C(C)=O)C3CCCC3)cc2)cc1C. The molecule has 5 heteroatoms. The molecule has 1 aliphatic rings. The van der Waals surface area contributed by atoms with E-state index in [9.17, 15) is 9.59 Å². The summed E-state index contributed by atoms with van der Waals surface area (Å²) in [6.07, 6.45) is 6.18. The summed E-state index contributed by atoms with van der Waals surface area (Å²) in [7, 11) is 1.66. The average molecular weight is 423 g/mol. The van der Waals surface area contributed by atoms with E-state index in [1.54, 1.807) is 14.0 Å². The summed E-state index contributed by atoms with van der Waals surface area (Å²) < 4.78 is 5.01. The molecule has 0 aliphatic heterocycles. The van der Waals surface area contributed by atoms with Crippen molar-refractivity contribution in [3.8, 4) is 0 Å². The van der Waals surface area contributed by atoms with Crippen LogP contribution in [0, 0.1) is 6.92 Å². The maximum Gasteiger partial charge on any atom is 0.251 e. The molecule has 166 valence electrons. The number of hydrogen-bond donors (Lipinski definition) is 1. The minimum Gasteiger partial charge on any atom is -0.385 e. The smallest absolute Gasteiger partial charge is 0.251 e. The van der Waals surface area contributed by atoms with Gasteiger partial charge in [0.15, 0.2) is 0 Å². The zero-order valence-corrected chi connectivity index (χ0v) is 18.9. The van der Waals surface area contributed by atoms with Gasteiger partial charge in [-0.25, -0.2) is 0 Å².